The van der Waals surface area contributed by atoms with E-state index in [0.717, 1.165) is 27.8 Å². The average molecular weight is 479 g/mol. The number of benzene rings is 3. The van der Waals surface area contributed by atoms with E-state index in [1.807, 2.05) is 24.3 Å². The van der Waals surface area contributed by atoms with Gasteiger partial charge in [0.25, 0.3) is 11.1 Å². The van der Waals surface area contributed by atoms with Crippen LogP contribution in [0.3, 0.4) is 0 Å². The van der Waals surface area contributed by atoms with E-state index in [4.69, 9.17) is 16.3 Å². The van der Waals surface area contributed by atoms with Gasteiger partial charge in [-0.2, -0.15) is 0 Å². The van der Waals surface area contributed by atoms with Crippen molar-refractivity contribution in [3.63, 3.8) is 0 Å². The summed E-state index contributed by atoms with van der Waals surface area (Å²) in [5, 5.41) is 2.85. The van der Waals surface area contributed by atoms with Crippen LogP contribution in [0.25, 0.3) is 6.08 Å². The molecule has 0 saturated carbocycles. The topological polar surface area (TPSA) is 75.7 Å². The second kappa shape index (κ2) is 10.4. The van der Waals surface area contributed by atoms with Crippen LogP contribution in [-0.2, 0) is 16.2 Å². The summed E-state index contributed by atoms with van der Waals surface area (Å²) < 4.78 is 5.76. The van der Waals surface area contributed by atoms with Gasteiger partial charge in [-0.25, -0.2) is 0 Å². The van der Waals surface area contributed by atoms with Crippen LogP contribution in [0.15, 0.2) is 83.8 Å². The maximum atomic E-state index is 12.7. The van der Waals surface area contributed by atoms with Crippen LogP contribution < -0.4 is 10.1 Å². The van der Waals surface area contributed by atoms with Gasteiger partial charge in [0.2, 0.25) is 5.91 Å². The van der Waals surface area contributed by atoms with Crippen molar-refractivity contribution in [3.05, 3.63) is 99.9 Å². The molecule has 0 spiro atoms. The van der Waals surface area contributed by atoms with E-state index >= 15 is 0 Å². The molecule has 3 aromatic rings. The van der Waals surface area contributed by atoms with Gasteiger partial charge >= 0.3 is 0 Å². The Labute approximate surface area is 200 Å². The first kappa shape index (κ1) is 22.6. The van der Waals surface area contributed by atoms with E-state index in [9.17, 15) is 14.4 Å². The van der Waals surface area contributed by atoms with Crippen molar-refractivity contribution < 1.29 is 19.1 Å². The summed E-state index contributed by atoms with van der Waals surface area (Å²) in [6.45, 7) is 0.0387. The summed E-state index contributed by atoms with van der Waals surface area (Å²) in [6.07, 6.45) is 1.63. The van der Waals surface area contributed by atoms with E-state index in [0.29, 0.717) is 23.1 Å². The quantitative estimate of drug-likeness (QED) is 0.448. The van der Waals surface area contributed by atoms with Gasteiger partial charge in [-0.15, -0.1) is 0 Å². The van der Waals surface area contributed by atoms with Crippen molar-refractivity contribution in [2.75, 3.05) is 11.9 Å². The molecule has 1 N–H and O–H groups in total. The lowest BCUT2D eigenvalue weighted by Crippen LogP contribution is -2.36. The minimum Gasteiger partial charge on any atom is -0.489 e. The molecule has 6 nitrogen and oxygen atoms in total. The van der Waals surface area contributed by atoms with Crippen LogP contribution in [0, 0.1) is 0 Å². The number of nitrogens with zero attached hydrogens (tertiary/aromatic N) is 1. The Morgan fingerprint density at radius 3 is 2.48 bits per heavy atom. The number of amides is 3. The average Bonchev–Trinajstić information content (AvgIpc) is 3.06. The van der Waals surface area contributed by atoms with Crippen molar-refractivity contribution in [2.24, 2.45) is 0 Å². The lowest BCUT2D eigenvalue weighted by Gasteiger charge is -2.12. The van der Waals surface area contributed by atoms with Crippen molar-refractivity contribution in [1.82, 2.24) is 4.90 Å². The number of hydrogen-bond acceptors (Lipinski definition) is 5. The van der Waals surface area contributed by atoms with Gasteiger partial charge < -0.3 is 10.1 Å². The highest BCUT2D eigenvalue weighted by atomic mass is 35.5. The fraction of sp³-hybridized carbons (Fsp3) is 0.0800. The van der Waals surface area contributed by atoms with Gasteiger partial charge in [-0.3, -0.25) is 19.3 Å². The predicted molar refractivity (Wildman–Crippen MR) is 130 cm³/mol. The maximum Gasteiger partial charge on any atom is 0.294 e. The Hall–Kier alpha value is -3.55. The molecular formula is C25H19ClN2O4S. The highest BCUT2D eigenvalue weighted by Crippen LogP contribution is 2.32. The SMILES string of the molecule is O=C(CN1C(=O)S/C(=C\c2ccc(OCc3cccc(Cl)c3)cc2)C1=O)Nc1ccccc1. The molecule has 4 rings (SSSR count). The first-order chi connectivity index (χ1) is 16.0. The number of carbonyl (C=O) groups is 3. The van der Waals surface area contributed by atoms with Crippen LogP contribution in [0.5, 0.6) is 5.75 Å². The highest BCUT2D eigenvalue weighted by Gasteiger charge is 2.36. The molecule has 0 bridgehead atoms. The van der Waals surface area contributed by atoms with E-state index in [-0.39, 0.29) is 11.4 Å². The Morgan fingerprint density at radius 2 is 1.76 bits per heavy atom. The van der Waals surface area contributed by atoms with Crippen LogP contribution in [-0.4, -0.2) is 28.5 Å². The van der Waals surface area contributed by atoms with Crippen molar-refractivity contribution in [1.29, 1.82) is 0 Å². The maximum absolute atomic E-state index is 12.7. The summed E-state index contributed by atoms with van der Waals surface area (Å²) in [6, 6.07) is 23.5. The zero-order chi connectivity index (χ0) is 23.2. The zero-order valence-corrected chi connectivity index (χ0v) is 18.9. The Bertz CT molecular complexity index is 1210. The minimum absolute atomic E-state index is 0.264. The van der Waals surface area contributed by atoms with E-state index < -0.39 is 17.1 Å². The molecular weight excluding hydrogens is 460 g/mol. The molecule has 3 aromatic carbocycles. The van der Waals surface area contributed by atoms with Gasteiger partial charge in [0.1, 0.15) is 18.9 Å². The number of carbonyl (C=O) groups excluding carboxylic acids is 3. The van der Waals surface area contributed by atoms with Gasteiger partial charge in [0, 0.05) is 10.7 Å². The number of para-hydroxylation sites is 1. The summed E-state index contributed by atoms with van der Waals surface area (Å²) in [4.78, 5) is 38.4. The van der Waals surface area contributed by atoms with Gasteiger partial charge in [0.15, 0.2) is 0 Å². The molecule has 0 radical (unpaired) electrons. The molecule has 0 unspecified atom stereocenters. The van der Waals surface area contributed by atoms with Crippen molar-refractivity contribution in [3.8, 4) is 5.75 Å². The first-order valence-electron chi connectivity index (χ1n) is 10.1. The standard InChI is InChI=1S/C25H19ClN2O4S/c26-19-6-4-5-18(13-19)16-32-21-11-9-17(10-12-21)14-22-24(30)28(25(31)33-22)15-23(29)27-20-7-2-1-3-8-20/h1-14H,15-16H2,(H,27,29)/b22-14-. The number of anilines is 1. The molecule has 1 fully saturated rings. The number of nitrogens with one attached hydrogen (secondary N) is 1. The zero-order valence-electron chi connectivity index (χ0n) is 17.4. The number of rotatable bonds is 7. The Kier molecular flexibility index (Phi) is 7.12. The van der Waals surface area contributed by atoms with Gasteiger partial charge in [0.05, 0.1) is 4.91 Å². The Morgan fingerprint density at radius 1 is 1.00 bits per heavy atom. The second-order valence-electron chi connectivity index (χ2n) is 7.17. The number of imide groups is 1. The first-order valence-corrected chi connectivity index (χ1v) is 11.2. The lowest BCUT2D eigenvalue weighted by atomic mass is 10.2. The third-order valence-electron chi connectivity index (χ3n) is 4.71. The number of hydrogen-bond donors (Lipinski definition) is 1. The molecule has 0 aliphatic carbocycles. The lowest BCUT2D eigenvalue weighted by molar-refractivity contribution is -0.127. The van der Waals surface area contributed by atoms with E-state index in [1.165, 1.54) is 0 Å². The van der Waals surface area contributed by atoms with Crippen LogP contribution in [0.1, 0.15) is 11.1 Å². The molecule has 1 saturated heterocycles. The molecule has 166 valence electrons. The third-order valence-corrected chi connectivity index (χ3v) is 5.85. The summed E-state index contributed by atoms with van der Waals surface area (Å²) >= 11 is 6.80. The van der Waals surface area contributed by atoms with Gasteiger partial charge in [-0.1, -0.05) is 54.1 Å². The van der Waals surface area contributed by atoms with Gasteiger partial charge in [-0.05, 0) is 65.4 Å². The van der Waals surface area contributed by atoms with Crippen molar-refractivity contribution in [2.45, 2.75) is 6.61 Å². The molecule has 1 aliphatic rings. The van der Waals surface area contributed by atoms with E-state index in [2.05, 4.69) is 5.32 Å². The Balaban J connectivity index is 1.36. The second-order valence-corrected chi connectivity index (χ2v) is 8.60. The fourth-order valence-electron chi connectivity index (χ4n) is 3.11. The van der Waals surface area contributed by atoms with Crippen LogP contribution in [0.4, 0.5) is 10.5 Å². The van der Waals surface area contributed by atoms with Crippen LogP contribution in [0.2, 0.25) is 5.02 Å². The molecule has 33 heavy (non-hydrogen) atoms. The van der Waals surface area contributed by atoms with E-state index in [1.54, 1.807) is 60.7 Å². The molecule has 0 aromatic heterocycles. The molecule has 1 heterocycles. The van der Waals surface area contributed by atoms with Crippen molar-refractivity contribution >= 4 is 52.2 Å². The number of ether oxygens (including phenoxy) is 1. The largest absolute Gasteiger partial charge is 0.489 e. The summed E-state index contributed by atoms with van der Waals surface area (Å²) in [5.74, 6) is -0.265. The minimum atomic E-state index is -0.491. The molecule has 8 heteroatoms. The predicted octanol–water partition coefficient (Wildman–Crippen LogP) is 5.59. The monoisotopic (exact) mass is 478 g/mol. The molecule has 3 amide bonds. The summed E-state index contributed by atoms with van der Waals surface area (Å²) in [5.41, 5.74) is 2.29. The summed E-state index contributed by atoms with van der Waals surface area (Å²) in [7, 11) is 0. The number of thioether (sulfide) groups is 1. The smallest absolute Gasteiger partial charge is 0.294 e. The molecule has 1 aliphatic heterocycles. The fourth-order valence-corrected chi connectivity index (χ4v) is 4.16. The number of halogens is 1. The third kappa shape index (κ3) is 6.03. The molecule has 0 atom stereocenters. The highest BCUT2D eigenvalue weighted by molar-refractivity contribution is 8.18. The normalized spacial score (nSPS) is 14.6. The van der Waals surface area contributed by atoms with Crippen LogP contribution >= 0.6 is 23.4 Å².